The number of ether oxygens (including phenoxy) is 6. The molecule has 2 aliphatic rings. The number of esters is 2. The lowest BCUT2D eigenvalue weighted by atomic mass is 9.77. The topological polar surface area (TPSA) is 164 Å². The molecule has 0 amide bonds. The van der Waals surface area contributed by atoms with Gasteiger partial charge in [0.05, 0.1) is 38.2 Å². The van der Waals surface area contributed by atoms with Gasteiger partial charge < -0.3 is 38.6 Å². The highest BCUT2D eigenvalue weighted by Gasteiger charge is 2.50. The van der Waals surface area contributed by atoms with Crippen LogP contribution in [0.1, 0.15) is 52.4 Å². The number of carboxylic acids is 2. The van der Waals surface area contributed by atoms with Crippen molar-refractivity contribution in [3.05, 3.63) is 82.4 Å². The van der Waals surface area contributed by atoms with Crippen molar-refractivity contribution < 1.29 is 57.8 Å². The minimum Gasteiger partial charge on any atom is -0.493 e. The first kappa shape index (κ1) is 28.4. The lowest BCUT2D eigenvalue weighted by Gasteiger charge is -2.37. The molecule has 2 aliphatic heterocycles. The van der Waals surface area contributed by atoms with Crippen molar-refractivity contribution in [2.24, 2.45) is 0 Å². The van der Waals surface area contributed by atoms with Gasteiger partial charge in [0.15, 0.2) is 5.60 Å². The summed E-state index contributed by atoms with van der Waals surface area (Å²) in [5.41, 5.74) is 1.70. The number of benzene rings is 3. The fraction of sp³-hybridized carbons (Fsp3) is 0.267. The Labute approximate surface area is 239 Å². The number of hydrogen-bond acceptors (Lipinski definition) is 10. The maximum Gasteiger partial charge on any atom is 0.341 e. The molecule has 2 N–H and O–H groups in total. The number of carbonyl (C=O) groups is 4. The van der Waals surface area contributed by atoms with E-state index in [2.05, 4.69) is 0 Å². The minimum atomic E-state index is -1.22. The van der Waals surface area contributed by atoms with E-state index in [1.54, 1.807) is 54.6 Å². The van der Waals surface area contributed by atoms with Gasteiger partial charge in [0.1, 0.15) is 23.0 Å². The van der Waals surface area contributed by atoms with Crippen LogP contribution in [0.2, 0.25) is 0 Å². The van der Waals surface area contributed by atoms with Gasteiger partial charge in [-0.1, -0.05) is 6.07 Å². The van der Waals surface area contributed by atoms with Crippen molar-refractivity contribution in [1.82, 2.24) is 0 Å². The standard InChI is InChI=1S/C30H26O12/c1-17(31)39-16-40-29(36)18-2-3-19-15-41-30(24(19)12-18)22-6-4-20(37-10-8-27(32)33)13-25(22)42-26-14-21(5-7-23(26)30)38-11-9-28(34)35/h2-7,12-14H,8-11,15-16H2,1H3,(H,32,33)(H,34,35). The Hall–Kier alpha value is -5.10. The first-order valence-corrected chi connectivity index (χ1v) is 12.9. The molecule has 5 rings (SSSR count). The van der Waals surface area contributed by atoms with Gasteiger partial charge in [-0.3, -0.25) is 14.4 Å². The van der Waals surface area contributed by atoms with Crippen molar-refractivity contribution in [1.29, 1.82) is 0 Å². The summed E-state index contributed by atoms with van der Waals surface area (Å²) in [5, 5.41) is 17.9. The van der Waals surface area contributed by atoms with E-state index in [1.165, 1.54) is 6.92 Å². The second-order valence-electron chi connectivity index (χ2n) is 9.43. The average molecular weight is 579 g/mol. The van der Waals surface area contributed by atoms with Crippen molar-refractivity contribution in [2.75, 3.05) is 20.0 Å². The normalized spacial score (nSPS) is 13.6. The second-order valence-corrected chi connectivity index (χ2v) is 9.43. The first-order chi connectivity index (χ1) is 20.2. The molecule has 42 heavy (non-hydrogen) atoms. The molecule has 0 fully saturated rings. The van der Waals surface area contributed by atoms with Crippen LogP contribution in [-0.4, -0.2) is 54.1 Å². The van der Waals surface area contributed by atoms with E-state index < -0.39 is 36.3 Å². The molecule has 0 radical (unpaired) electrons. The molecule has 0 unspecified atom stereocenters. The molecule has 3 aromatic carbocycles. The van der Waals surface area contributed by atoms with Crippen molar-refractivity contribution in [2.45, 2.75) is 32.0 Å². The average Bonchev–Trinajstić information content (AvgIpc) is 3.31. The molecule has 0 atom stereocenters. The summed E-state index contributed by atoms with van der Waals surface area (Å²) in [6, 6.07) is 15.1. The molecule has 3 aromatic rings. The first-order valence-electron chi connectivity index (χ1n) is 12.9. The van der Waals surface area contributed by atoms with Crippen LogP contribution < -0.4 is 14.2 Å². The molecule has 2 heterocycles. The number of hydrogen-bond donors (Lipinski definition) is 2. The number of aliphatic carboxylic acids is 2. The summed E-state index contributed by atoms with van der Waals surface area (Å²) in [6.45, 7) is 0.799. The summed E-state index contributed by atoms with van der Waals surface area (Å²) >= 11 is 0. The van der Waals surface area contributed by atoms with E-state index in [4.69, 9.17) is 38.6 Å². The minimum absolute atomic E-state index is 0.0461. The van der Waals surface area contributed by atoms with Crippen molar-refractivity contribution >= 4 is 23.9 Å². The molecular weight excluding hydrogens is 552 g/mol. The van der Waals surface area contributed by atoms with E-state index in [-0.39, 0.29) is 38.2 Å². The largest absolute Gasteiger partial charge is 0.493 e. The van der Waals surface area contributed by atoms with E-state index in [0.29, 0.717) is 39.7 Å². The Bertz CT molecular complexity index is 1490. The predicted molar refractivity (Wildman–Crippen MR) is 142 cm³/mol. The van der Waals surface area contributed by atoms with E-state index in [9.17, 15) is 19.2 Å². The molecule has 0 saturated heterocycles. The third-order valence-electron chi connectivity index (χ3n) is 6.68. The number of rotatable bonds is 11. The Morgan fingerprint density at radius 3 is 1.93 bits per heavy atom. The van der Waals surface area contributed by atoms with Crippen LogP contribution in [0.3, 0.4) is 0 Å². The van der Waals surface area contributed by atoms with Crippen LogP contribution in [0.5, 0.6) is 23.0 Å². The summed E-state index contributed by atoms with van der Waals surface area (Å²) in [7, 11) is 0. The second kappa shape index (κ2) is 11.8. The van der Waals surface area contributed by atoms with Crippen LogP contribution in [-0.2, 0) is 40.8 Å². The van der Waals surface area contributed by atoms with E-state index >= 15 is 0 Å². The quantitative estimate of drug-likeness (QED) is 0.249. The van der Waals surface area contributed by atoms with Gasteiger partial charge in [0.2, 0.25) is 6.79 Å². The summed E-state index contributed by atoms with van der Waals surface area (Å²) in [6.07, 6.45) is -0.372. The van der Waals surface area contributed by atoms with Gasteiger partial charge in [0.25, 0.3) is 0 Å². The molecule has 0 aliphatic carbocycles. The van der Waals surface area contributed by atoms with Gasteiger partial charge in [-0.25, -0.2) is 4.79 Å². The molecule has 1 spiro atoms. The summed E-state index contributed by atoms with van der Waals surface area (Å²) < 4.78 is 33.8. The van der Waals surface area contributed by atoms with Crippen LogP contribution in [0, 0.1) is 0 Å². The van der Waals surface area contributed by atoms with Crippen LogP contribution in [0.4, 0.5) is 0 Å². The Morgan fingerprint density at radius 2 is 1.38 bits per heavy atom. The summed E-state index contributed by atoms with van der Waals surface area (Å²) in [4.78, 5) is 45.7. The van der Waals surface area contributed by atoms with Crippen LogP contribution in [0.25, 0.3) is 0 Å². The van der Waals surface area contributed by atoms with E-state index in [1.807, 2.05) is 0 Å². The van der Waals surface area contributed by atoms with E-state index in [0.717, 1.165) is 5.56 Å². The van der Waals surface area contributed by atoms with Crippen LogP contribution >= 0.6 is 0 Å². The Morgan fingerprint density at radius 1 is 0.786 bits per heavy atom. The molecule has 0 saturated carbocycles. The van der Waals surface area contributed by atoms with Gasteiger partial charge in [-0.15, -0.1) is 0 Å². The number of fused-ring (bicyclic) bond motifs is 6. The fourth-order valence-corrected chi connectivity index (χ4v) is 4.83. The molecule has 0 bridgehead atoms. The third-order valence-corrected chi connectivity index (χ3v) is 6.68. The van der Waals surface area contributed by atoms with Crippen molar-refractivity contribution in [3.63, 3.8) is 0 Å². The highest BCUT2D eigenvalue weighted by Crippen LogP contribution is 2.57. The highest BCUT2D eigenvalue weighted by atomic mass is 16.7. The number of carboxylic acid groups (broad SMARTS) is 2. The lowest BCUT2D eigenvalue weighted by molar-refractivity contribution is -0.149. The smallest absolute Gasteiger partial charge is 0.341 e. The highest BCUT2D eigenvalue weighted by molar-refractivity contribution is 5.90. The Balaban J connectivity index is 1.56. The maximum atomic E-state index is 12.8. The van der Waals surface area contributed by atoms with Crippen molar-refractivity contribution in [3.8, 4) is 23.0 Å². The maximum absolute atomic E-state index is 12.8. The van der Waals surface area contributed by atoms with Crippen LogP contribution in [0.15, 0.2) is 54.6 Å². The molecule has 0 aromatic heterocycles. The lowest BCUT2D eigenvalue weighted by Crippen LogP contribution is -2.32. The molecule has 12 nitrogen and oxygen atoms in total. The molecule has 12 heteroatoms. The fourth-order valence-electron chi connectivity index (χ4n) is 4.83. The number of carbonyl (C=O) groups excluding carboxylic acids is 2. The van der Waals surface area contributed by atoms with Gasteiger partial charge in [0, 0.05) is 30.2 Å². The predicted octanol–water partition coefficient (Wildman–Crippen LogP) is 4.00. The third kappa shape index (κ3) is 5.70. The zero-order valence-electron chi connectivity index (χ0n) is 22.4. The SMILES string of the molecule is CC(=O)OCOC(=O)c1ccc2c(c1)C1(OC2)c2ccc(OCCC(=O)O)cc2Oc2cc(OCCC(=O)O)ccc21. The van der Waals surface area contributed by atoms with Gasteiger partial charge >= 0.3 is 23.9 Å². The zero-order chi connectivity index (χ0) is 29.9. The zero-order valence-corrected chi connectivity index (χ0v) is 22.4. The Kier molecular flexibility index (Phi) is 7.98. The monoisotopic (exact) mass is 578 g/mol. The summed E-state index contributed by atoms with van der Waals surface area (Å²) in [5.74, 6) is -1.78. The molecular formula is C30H26O12. The molecule has 218 valence electrons. The van der Waals surface area contributed by atoms with Gasteiger partial charge in [-0.05, 0) is 47.5 Å². The van der Waals surface area contributed by atoms with Gasteiger partial charge in [-0.2, -0.15) is 0 Å².